The Hall–Kier alpha value is -4.72. The van der Waals surface area contributed by atoms with E-state index in [1.807, 2.05) is 84.9 Å². The van der Waals surface area contributed by atoms with Crippen molar-refractivity contribution >= 4 is 25.2 Å². The molecule has 0 bridgehead atoms. The number of hydrogen-bond donors (Lipinski definition) is 1. The molecule has 0 amide bonds. The van der Waals surface area contributed by atoms with E-state index in [1.54, 1.807) is 38.5 Å². The van der Waals surface area contributed by atoms with Gasteiger partial charge in [0.15, 0.2) is 14.5 Å². The predicted octanol–water partition coefficient (Wildman–Crippen LogP) is 7.79. The summed E-state index contributed by atoms with van der Waals surface area (Å²) >= 11 is 1.04. The second-order valence-electron chi connectivity index (χ2n) is 15.0. The van der Waals surface area contributed by atoms with Crippen LogP contribution in [0.25, 0.3) is 0 Å². The highest BCUT2D eigenvalue weighted by Crippen LogP contribution is 2.49. The Morgan fingerprint density at radius 3 is 1.82 bits per heavy atom. The van der Waals surface area contributed by atoms with Gasteiger partial charge in [-0.1, -0.05) is 117 Å². The first-order valence-corrected chi connectivity index (χ1v) is 22.0. The zero-order chi connectivity index (χ0) is 39.4. The number of methoxy groups -OCH3 is 2. The number of benzene rings is 4. The molecule has 5 aromatic rings. The number of rotatable bonds is 13. The van der Waals surface area contributed by atoms with Gasteiger partial charge in [0.25, 0.3) is 5.56 Å². The van der Waals surface area contributed by atoms with E-state index in [-0.39, 0.29) is 16.8 Å². The number of nitrogens with zero attached hydrogens (tertiary/aromatic N) is 1. The fourth-order valence-corrected chi connectivity index (χ4v) is 8.68. The Morgan fingerprint density at radius 2 is 1.31 bits per heavy atom. The molecule has 10 nitrogen and oxygen atoms in total. The van der Waals surface area contributed by atoms with Gasteiger partial charge in [-0.15, -0.1) is 0 Å². The molecule has 12 heteroatoms. The predicted molar refractivity (Wildman–Crippen MR) is 218 cm³/mol. The first-order chi connectivity index (χ1) is 26.3. The van der Waals surface area contributed by atoms with Crippen LogP contribution >= 0.6 is 11.8 Å². The van der Waals surface area contributed by atoms with Crippen molar-refractivity contribution in [3.63, 3.8) is 0 Å². The molecular formula is C43H48N2O8SSi. The van der Waals surface area contributed by atoms with Crippen LogP contribution in [0.1, 0.15) is 54.0 Å². The lowest BCUT2D eigenvalue weighted by atomic mass is 9.79. The first kappa shape index (κ1) is 40.0. The summed E-state index contributed by atoms with van der Waals surface area (Å²) in [6.45, 7) is 10.9. The van der Waals surface area contributed by atoms with Crippen molar-refractivity contribution in [1.29, 1.82) is 0 Å². The molecule has 0 radical (unpaired) electrons. The zero-order valence-electron chi connectivity index (χ0n) is 32.2. The number of ether oxygens (including phenoxy) is 4. The molecule has 288 valence electrons. The molecular weight excluding hydrogens is 733 g/mol. The number of nitrogens with one attached hydrogen (secondary N) is 1. The Balaban J connectivity index is 1.59. The second kappa shape index (κ2) is 16.6. The number of aromatic amines is 1. The first-order valence-electron chi connectivity index (χ1n) is 18.2. The van der Waals surface area contributed by atoms with Crippen molar-refractivity contribution in [1.82, 2.24) is 9.55 Å². The third-order valence-electron chi connectivity index (χ3n) is 10.6. The van der Waals surface area contributed by atoms with Crippen molar-refractivity contribution in [2.24, 2.45) is 0 Å². The lowest BCUT2D eigenvalue weighted by Gasteiger charge is -2.41. The van der Waals surface area contributed by atoms with Gasteiger partial charge in [-0.2, -0.15) is 0 Å². The quantitative estimate of drug-likeness (QED) is 0.0944. The van der Waals surface area contributed by atoms with Gasteiger partial charge in [0.2, 0.25) is 5.12 Å². The SMILES string of the molecule is COc1ccc(C(OC2C(SC(=O)c3ccccc3)[C@@H](n3ccc(=O)[nH]c3=O)O[C@H]2CO[Si](C)(C)C(C)(C)C)(c2ccccc2)c2ccc(OC)cc2)cc1. The van der Waals surface area contributed by atoms with Gasteiger partial charge >= 0.3 is 5.69 Å². The van der Waals surface area contributed by atoms with Crippen molar-refractivity contribution in [2.45, 2.75) is 68.2 Å². The van der Waals surface area contributed by atoms with E-state index in [0.717, 1.165) is 28.5 Å². The normalized spacial score (nSPS) is 18.9. The van der Waals surface area contributed by atoms with Crippen LogP contribution in [0.4, 0.5) is 0 Å². The highest BCUT2D eigenvalue weighted by molar-refractivity contribution is 8.14. The van der Waals surface area contributed by atoms with E-state index in [9.17, 15) is 14.4 Å². The summed E-state index contributed by atoms with van der Waals surface area (Å²) in [4.78, 5) is 42.3. The maximum atomic E-state index is 14.2. The minimum Gasteiger partial charge on any atom is -0.497 e. The molecule has 0 spiro atoms. The molecule has 0 saturated carbocycles. The number of thioether (sulfide) groups is 1. The van der Waals surface area contributed by atoms with Gasteiger partial charge in [-0.25, -0.2) is 4.79 Å². The van der Waals surface area contributed by atoms with Gasteiger partial charge in [-0.3, -0.25) is 19.1 Å². The molecule has 1 N–H and O–H groups in total. The summed E-state index contributed by atoms with van der Waals surface area (Å²) in [6, 6.07) is 35.5. The summed E-state index contributed by atoms with van der Waals surface area (Å²) in [5.41, 5.74) is 0.378. The fraction of sp³-hybridized carbons (Fsp3) is 0.326. The van der Waals surface area contributed by atoms with Crippen LogP contribution < -0.4 is 20.7 Å². The van der Waals surface area contributed by atoms with Crippen LogP contribution in [0, 0.1) is 0 Å². The summed E-state index contributed by atoms with van der Waals surface area (Å²) in [5.74, 6) is 1.34. The van der Waals surface area contributed by atoms with E-state index in [0.29, 0.717) is 17.1 Å². The second-order valence-corrected chi connectivity index (χ2v) is 20.9. The van der Waals surface area contributed by atoms with Gasteiger partial charge < -0.3 is 23.4 Å². The van der Waals surface area contributed by atoms with E-state index >= 15 is 0 Å². The molecule has 2 unspecified atom stereocenters. The van der Waals surface area contributed by atoms with Gasteiger partial charge in [0.05, 0.1) is 26.1 Å². The van der Waals surface area contributed by atoms with Crippen molar-refractivity contribution in [2.75, 3.05) is 20.8 Å². The summed E-state index contributed by atoms with van der Waals surface area (Å²) in [7, 11) is 0.883. The minimum atomic E-state index is -2.35. The lowest BCUT2D eigenvalue weighted by molar-refractivity contribution is -0.0974. The molecule has 1 saturated heterocycles. The Labute approximate surface area is 326 Å². The van der Waals surface area contributed by atoms with Crippen molar-refractivity contribution in [3.8, 4) is 11.5 Å². The third kappa shape index (κ3) is 8.43. The molecule has 1 fully saturated rings. The molecule has 1 aliphatic heterocycles. The number of H-pyrrole nitrogens is 1. The van der Waals surface area contributed by atoms with Crippen molar-refractivity contribution in [3.05, 3.63) is 165 Å². The summed E-state index contributed by atoms with van der Waals surface area (Å²) in [6.07, 6.45) is -1.26. The standard InChI is InChI=1S/C43H48N2O8SSi/c1-42(2,3)55(6,7)51-28-35-37(38(54-40(47)29-14-10-8-11-15-29)39(52-35)45-27-26-36(46)44-41(45)48)53-43(30-16-12-9-13-17-30,31-18-22-33(49-4)23-19-31)32-20-24-34(50-5)25-21-32/h8-27,35,37-39H,28H2,1-7H3,(H,44,46,48)/t35-,37?,38?,39-/m0/s1. The highest BCUT2D eigenvalue weighted by Gasteiger charge is 2.53. The largest absolute Gasteiger partial charge is 0.497 e. The average molecular weight is 781 g/mol. The molecule has 0 aliphatic carbocycles. The zero-order valence-corrected chi connectivity index (χ0v) is 34.0. The molecule has 55 heavy (non-hydrogen) atoms. The molecule has 4 atom stereocenters. The Morgan fingerprint density at radius 1 is 0.782 bits per heavy atom. The third-order valence-corrected chi connectivity index (χ3v) is 16.3. The van der Waals surface area contributed by atoms with Crippen LogP contribution in [-0.2, 0) is 19.5 Å². The number of hydrogen-bond acceptors (Lipinski definition) is 9. The average Bonchev–Trinajstić information content (AvgIpc) is 3.51. The smallest absolute Gasteiger partial charge is 0.330 e. The van der Waals surface area contributed by atoms with E-state index in [1.165, 1.54) is 16.8 Å². The van der Waals surface area contributed by atoms with Crippen LogP contribution in [0.3, 0.4) is 0 Å². The summed E-state index contributed by atoms with van der Waals surface area (Å²) in [5, 5.41) is -1.14. The van der Waals surface area contributed by atoms with Crippen LogP contribution in [-0.4, -0.2) is 61.3 Å². The van der Waals surface area contributed by atoms with Crippen LogP contribution in [0.15, 0.2) is 131 Å². The maximum absolute atomic E-state index is 14.2. The molecule has 2 heterocycles. The van der Waals surface area contributed by atoms with Crippen molar-refractivity contribution < 1.29 is 28.2 Å². The highest BCUT2D eigenvalue weighted by atomic mass is 32.2. The van der Waals surface area contributed by atoms with Gasteiger partial charge in [0.1, 0.15) is 29.3 Å². The maximum Gasteiger partial charge on any atom is 0.330 e. The van der Waals surface area contributed by atoms with Gasteiger partial charge in [-0.05, 0) is 59.1 Å². The number of aromatic nitrogens is 2. The van der Waals surface area contributed by atoms with E-state index in [2.05, 4.69) is 38.8 Å². The monoisotopic (exact) mass is 780 g/mol. The Kier molecular flexibility index (Phi) is 12.0. The molecule has 4 aromatic carbocycles. The molecule has 1 aromatic heterocycles. The minimum absolute atomic E-state index is 0.116. The summed E-state index contributed by atoms with van der Waals surface area (Å²) < 4.78 is 33.8. The van der Waals surface area contributed by atoms with E-state index in [4.69, 9.17) is 23.4 Å². The number of carbonyl (C=O) groups excluding carboxylic acids is 1. The van der Waals surface area contributed by atoms with E-state index < -0.39 is 48.9 Å². The number of carbonyl (C=O) groups is 1. The topological polar surface area (TPSA) is 118 Å². The van der Waals surface area contributed by atoms with Crippen LogP contribution in [0.5, 0.6) is 11.5 Å². The van der Waals surface area contributed by atoms with Gasteiger partial charge in [0, 0.05) is 17.8 Å². The molecule has 6 rings (SSSR count). The lowest BCUT2D eigenvalue weighted by Crippen LogP contribution is -2.48. The molecule has 1 aliphatic rings. The van der Waals surface area contributed by atoms with Crippen LogP contribution in [0.2, 0.25) is 18.1 Å². The Bertz CT molecular complexity index is 2120. The fourth-order valence-electron chi connectivity index (χ4n) is 6.47.